The summed E-state index contributed by atoms with van der Waals surface area (Å²) in [4.78, 5) is 12.4. The van der Waals surface area contributed by atoms with Crippen LogP contribution in [0.1, 0.15) is 9.67 Å². The SMILES string of the molecule is CSc1c(N)ccc2sc(C=O)cc12. The fourth-order valence-electron chi connectivity index (χ4n) is 1.41. The van der Waals surface area contributed by atoms with Crippen molar-refractivity contribution < 1.29 is 4.79 Å². The highest BCUT2D eigenvalue weighted by Crippen LogP contribution is 2.35. The van der Waals surface area contributed by atoms with Crippen molar-refractivity contribution in [2.75, 3.05) is 12.0 Å². The van der Waals surface area contributed by atoms with Crippen LogP contribution in [0.2, 0.25) is 0 Å². The summed E-state index contributed by atoms with van der Waals surface area (Å²) in [6, 6.07) is 5.75. The maximum absolute atomic E-state index is 10.6. The van der Waals surface area contributed by atoms with Gasteiger partial charge in [0.05, 0.1) is 4.88 Å². The second-order valence-corrected chi connectivity index (χ2v) is 4.80. The van der Waals surface area contributed by atoms with Crippen LogP contribution >= 0.6 is 23.1 Å². The number of anilines is 1. The number of benzene rings is 1. The van der Waals surface area contributed by atoms with Gasteiger partial charge in [0.15, 0.2) is 6.29 Å². The average Bonchev–Trinajstić information content (AvgIpc) is 2.60. The molecule has 4 heteroatoms. The van der Waals surface area contributed by atoms with E-state index in [-0.39, 0.29) is 0 Å². The molecule has 0 unspecified atom stereocenters. The summed E-state index contributed by atoms with van der Waals surface area (Å²) in [5.41, 5.74) is 6.62. The summed E-state index contributed by atoms with van der Waals surface area (Å²) in [5.74, 6) is 0. The molecule has 72 valence electrons. The summed E-state index contributed by atoms with van der Waals surface area (Å²) in [7, 11) is 0. The lowest BCUT2D eigenvalue weighted by Crippen LogP contribution is -1.87. The Morgan fingerprint density at radius 1 is 1.50 bits per heavy atom. The molecule has 0 aliphatic heterocycles. The molecular formula is C10H9NOS2. The third-order valence-corrected chi connectivity index (χ3v) is 3.91. The highest BCUT2D eigenvalue weighted by molar-refractivity contribution is 7.99. The molecule has 2 nitrogen and oxygen atoms in total. The number of nitrogens with two attached hydrogens (primary N) is 1. The molecule has 0 saturated carbocycles. The number of carbonyl (C=O) groups excluding carboxylic acids is 1. The van der Waals surface area contributed by atoms with Crippen molar-refractivity contribution in [3.63, 3.8) is 0 Å². The van der Waals surface area contributed by atoms with Crippen molar-refractivity contribution in [2.45, 2.75) is 4.90 Å². The Bertz CT molecular complexity index is 490. The number of thioether (sulfide) groups is 1. The van der Waals surface area contributed by atoms with E-state index >= 15 is 0 Å². The minimum Gasteiger partial charge on any atom is -0.398 e. The normalized spacial score (nSPS) is 10.6. The predicted molar refractivity (Wildman–Crippen MR) is 63.4 cm³/mol. The molecule has 0 spiro atoms. The molecular weight excluding hydrogens is 214 g/mol. The van der Waals surface area contributed by atoms with E-state index < -0.39 is 0 Å². The lowest BCUT2D eigenvalue weighted by Gasteiger charge is -2.02. The van der Waals surface area contributed by atoms with Crippen LogP contribution in [-0.4, -0.2) is 12.5 Å². The first-order chi connectivity index (χ1) is 6.76. The van der Waals surface area contributed by atoms with Crippen LogP contribution in [0.3, 0.4) is 0 Å². The molecule has 0 aliphatic rings. The summed E-state index contributed by atoms with van der Waals surface area (Å²) in [6.45, 7) is 0. The molecule has 0 radical (unpaired) electrons. The highest BCUT2D eigenvalue weighted by atomic mass is 32.2. The minimum absolute atomic E-state index is 0.751. The zero-order valence-electron chi connectivity index (χ0n) is 7.61. The van der Waals surface area contributed by atoms with E-state index in [0.717, 1.165) is 31.8 Å². The quantitative estimate of drug-likeness (QED) is 0.483. The van der Waals surface area contributed by atoms with Gasteiger partial charge in [0.2, 0.25) is 0 Å². The smallest absolute Gasteiger partial charge is 0.160 e. The van der Waals surface area contributed by atoms with Crippen molar-refractivity contribution >= 4 is 45.2 Å². The Hall–Kier alpha value is -1.00. The number of nitrogen functional groups attached to an aromatic ring is 1. The third-order valence-electron chi connectivity index (χ3n) is 2.02. The molecule has 1 heterocycles. The van der Waals surface area contributed by atoms with Crippen molar-refractivity contribution in [3.8, 4) is 0 Å². The fraction of sp³-hybridized carbons (Fsp3) is 0.100. The van der Waals surface area contributed by atoms with Gasteiger partial charge in [0.1, 0.15) is 0 Å². The highest BCUT2D eigenvalue weighted by Gasteiger charge is 2.07. The van der Waals surface area contributed by atoms with Gasteiger partial charge in [-0.2, -0.15) is 0 Å². The van der Waals surface area contributed by atoms with E-state index in [9.17, 15) is 4.79 Å². The number of hydrogen-bond donors (Lipinski definition) is 1. The van der Waals surface area contributed by atoms with Crippen LogP contribution in [0.15, 0.2) is 23.1 Å². The van der Waals surface area contributed by atoms with Crippen LogP contribution < -0.4 is 5.73 Å². The molecule has 0 atom stereocenters. The van der Waals surface area contributed by atoms with E-state index in [1.54, 1.807) is 11.8 Å². The second-order valence-electron chi connectivity index (χ2n) is 2.87. The number of thiophene rings is 1. The Balaban J connectivity index is 2.79. The Morgan fingerprint density at radius 2 is 2.29 bits per heavy atom. The predicted octanol–water partition coefficient (Wildman–Crippen LogP) is 3.02. The molecule has 1 aromatic carbocycles. The zero-order chi connectivity index (χ0) is 10.1. The second kappa shape index (κ2) is 3.63. The minimum atomic E-state index is 0.751. The maximum Gasteiger partial charge on any atom is 0.160 e. The van der Waals surface area contributed by atoms with E-state index in [1.807, 2.05) is 24.5 Å². The fourth-order valence-corrected chi connectivity index (χ4v) is 3.05. The van der Waals surface area contributed by atoms with Crippen LogP contribution in [-0.2, 0) is 0 Å². The first-order valence-electron chi connectivity index (χ1n) is 4.07. The molecule has 0 amide bonds. The first-order valence-corrected chi connectivity index (χ1v) is 6.11. The number of rotatable bonds is 2. The van der Waals surface area contributed by atoms with Gasteiger partial charge >= 0.3 is 0 Å². The lowest BCUT2D eigenvalue weighted by atomic mass is 10.2. The van der Waals surface area contributed by atoms with E-state index in [1.165, 1.54) is 11.3 Å². The number of fused-ring (bicyclic) bond motifs is 1. The zero-order valence-corrected chi connectivity index (χ0v) is 9.24. The van der Waals surface area contributed by atoms with Gasteiger partial charge in [-0.3, -0.25) is 4.79 Å². The first kappa shape index (κ1) is 9.55. The van der Waals surface area contributed by atoms with Gasteiger partial charge in [-0.1, -0.05) is 0 Å². The van der Waals surface area contributed by atoms with Gasteiger partial charge in [-0.15, -0.1) is 23.1 Å². The van der Waals surface area contributed by atoms with E-state index in [4.69, 9.17) is 5.73 Å². The van der Waals surface area contributed by atoms with Crippen LogP contribution in [0, 0.1) is 0 Å². The van der Waals surface area contributed by atoms with E-state index in [0.29, 0.717) is 0 Å². The Labute approximate surface area is 90.1 Å². The topological polar surface area (TPSA) is 43.1 Å². The third kappa shape index (κ3) is 1.40. The lowest BCUT2D eigenvalue weighted by molar-refractivity contribution is 0.112. The molecule has 2 aromatic rings. The van der Waals surface area contributed by atoms with Crippen LogP contribution in [0.25, 0.3) is 10.1 Å². The number of carbonyl (C=O) groups is 1. The van der Waals surface area contributed by atoms with Gasteiger partial charge in [-0.25, -0.2) is 0 Å². The maximum atomic E-state index is 10.6. The summed E-state index contributed by atoms with van der Waals surface area (Å²) in [6.07, 6.45) is 2.87. The summed E-state index contributed by atoms with van der Waals surface area (Å²) in [5, 5.41) is 1.09. The van der Waals surface area contributed by atoms with E-state index in [2.05, 4.69) is 0 Å². The van der Waals surface area contributed by atoms with Gasteiger partial charge in [0.25, 0.3) is 0 Å². The molecule has 0 aliphatic carbocycles. The average molecular weight is 223 g/mol. The molecule has 0 fully saturated rings. The van der Waals surface area contributed by atoms with Crippen LogP contribution in [0.5, 0.6) is 0 Å². The molecule has 2 rings (SSSR count). The van der Waals surface area contributed by atoms with Crippen LogP contribution in [0.4, 0.5) is 5.69 Å². The summed E-state index contributed by atoms with van der Waals surface area (Å²) < 4.78 is 1.12. The monoisotopic (exact) mass is 223 g/mol. The molecule has 0 saturated heterocycles. The molecule has 1 aromatic heterocycles. The molecule has 0 bridgehead atoms. The standard InChI is InChI=1S/C10H9NOS2/c1-13-10-7-4-6(5-12)14-9(7)3-2-8(10)11/h2-5H,11H2,1H3. The molecule has 2 N–H and O–H groups in total. The largest absolute Gasteiger partial charge is 0.398 e. The summed E-state index contributed by atoms with van der Waals surface area (Å²) >= 11 is 3.11. The number of aldehydes is 1. The Morgan fingerprint density at radius 3 is 2.93 bits per heavy atom. The van der Waals surface area contributed by atoms with Crippen molar-refractivity contribution in [1.29, 1.82) is 0 Å². The van der Waals surface area contributed by atoms with Gasteiger partial charge < -0.3 is 5.73 Å². The van der Waals surface area contributed by atoms with Crippen molar-refractivity contribution in [2.24, 2.45) is 0 Å². The number of hydrogen-bond acceptors (Lipinski definition) is 4. The van der Waals surface area contributed by atoms with Gasteiger partial charge in [0, 0.05) is 20.7 Å². The van der Waals surface area contributed by atoms with Gasteiger partial charge in [-0.05, 0) is 24.5 Å². The molecule has 14 heavy (non-hydrogen) atoms. The Kier molecular flexibility index (Phi) is 2.48. The van der Waals surface area contributed by atoms with Crippen molar-refractivity contribution in [1.82, 2.24) is 0 Å². The van der Waals surface area contributed by atoms with Crippen molar-refractivity contribution in [3.05, 3.63) is 23.1 Å².